The molecule has 1 N–H and O–H groups in total. The summed E-state index contributed by atoms with van der Waals surface area (Å²) in [6.45, 7) is 9.50. The molecule has 1 saturated heterocycles. The standard InChI is InChI=1S/C24H29N5O/c1-16-7-9-21(10-8-16)29-19(4)24(18(3)27-29)26-23(30)15-28-14-17(2)12-22(28)20-6-5-11-25-13-20/h5-11,13,17,22H,12,14-15H2,1-4H3,(H,26,30)/t17-,22-/m1/s1. The summed E-state index contributed by atoms with van der Waals surface area (Å²) in [4.78, 5) is 19.5. The number of benzene rings is 1. The number of carbonyl (C=O) groups excluding carboxylic acids is 1. The zero-order valence-corrected chi connectivity index (χ0v) is 18.1. The van der Waals surface area contributed by atoms with E-state index in [1.807, 2.05) is 42.9 Å². The Balaban J connectivity index is 1.49. The molecule has 2 aromatic heterocycles. The maximum Gasteiger partial charge on any atom is 0.238 e. The zero-order valence-electron chi connectivity index (χ0n) is 18.1. The van der Waals surface area contributed by atoms with Crippen molar-refractivity contribution in [2.24, 2.45) is 5.92 Å². The summed E-state index contributed by atoms with van der Waals surface area (Å²) < 4.78 is 1.89. The van der Waals surface area contributed by atoms with Crippen LogP contribution in [0.5, 0.6) is 0 Å². The van der Waals surface area contributed by atoms with Gasteiger partial charge in [-0.15, -0.1) is 0 Å². The molecule has 0 saturated carbocycles. The second-order valence-electron chi connectivity index (χ2n) is 8.41. The predicted octanol–water partition coefficient (Wildman–Crippen LogP) is 4.21. The first-order valence-electron chi connectivity index (χ1n) is 10.5. The third kappa shape index (κ3) is 4.14. The molecule has 2 atom stereocenters. The van der Waals surface area contributed by atoms with Gasteiger partial charge in [-0.3, -0.25) is 14.7 Å². The smallest absolute Gasteiger partial charge is 0.238 e. The summed E-state index contributed by atoms with van der Waals surface area (Å²) in [6, 6.07) is 12.5. The number of aromatic nitrogens is 3. The van der Waals surface area contributed by atoms with Gasteiger partial charge in [-0.1, -0.05) is 30.7 Å². The van der Waals surface area contributed by atoms with Crippen LogP contribution in [0.4, 0.5) is 5.69 Å². The van der Waals surface area contributed by atoms with Crippen LogP contribution in [0.1, 0.15) is 41.9 Å². The van der Waals surface area contributed by atoms with Crippen molar-refractivity contribution in [3.8, 4) is 5.69 Å². The number of likely N-dealkylation sites (tertiary alicyclic amines) is 1. The lowest BCUT2D eigenvalue weighted by atomic mass is 10.0. The number of hydrogen-bond donors (Lipinski definition) is 1. The Morgan fingerprint density at radius 2 is 1.93 bits per heavy atom. The van der Waals surface area contributed by atoms with Crippen molar-refractivity contribution in [2.45, 2.75) is 40.2 Å². The van der Waals surface area contributed by atoms with Crippen molar-refractivity contribution in [1.29, 1.82) is 0 Å². The molecule has 1 aliphatic heterocycles. The molecule has 3 aromatic rings. The van der Waals surface area contributed by atoms with E-state index in [1.165, 1.54) is 11.1 Å². The Hall–Kier alpha value is -2.99. The van der Waals surface area contributed by atoms with E-state index in [4.69, 9.17) is 0 Å². The molecule has 0 unspecified atom stereocenters. The minimum absolute atomic E-state index is 0.00681. The van der Waals surface area contributed by atoms with E-state index in [-0.39, 0.29) is 11.9 Å². The molecule has 156 valence electrons. The van der Waals surface area contributed by atoms with Crippen molar-refractivity contribution in [3.63, 3.8) is 0 Å². The lowest BCUT2D eigenvalue weighted by molar-refractivity contribution is -0.117. The van der Waals surface area contributed by atoms with Crippen LogP contribution in [0.25, 0.3) is 5.69 Å². The number of rotatable bonds is 5. The Labute approximate surface area is 177 Å². The van der Waals surface area contributed by atoms with Crippen LogP contribution < -0.4 is 5.32 Å². The van der Waals surface area contributed by atoms with Gasteiger partial charge in [0.15, 0.2) is 0 Å². The molecule has 1 amide bonds. The van der Waals surface area contributed by atoms with E-state index in [0.29, 0.717) is 12.5 Å². The van der Waals surface area contributed by atoms with Crippen LogP contribution in [0, 0.1) is 26.7 Å². The van der Waals surface area contributed by atoms with Gasteiger partial charge in [0.05, 0.1) is 29.3 Å². The number of anilines is 1. The number of nitrogens with one attached hydrogen (secondary N) is 1. The highest BCUT2D eigenvalue weighted by atomic mass is 16.2. The van der Waals surface area contributed by atoms with Gasteiger partial charge in [0.2, 0.25) is 5.91 Å². The van der Waals surface area contributed by atoms with Gasteiger partial charge in [-0.25, -0.2) is 4.68 Å². The molecule has 0 aliphatic carbocycles. The molecule has 6 heteroatoms. The van der Waals surface area contributed by atoms with Crippen molar-refractivity contribution in [2.75, 3.05) is 18.4 Å². The maximum absolute atomic E-state index is 12.9. The number of amides is 1. The average Bonchev–Trinajstić information content (AvgIpc) is 3.23. The topological polar surface area (TPSA) is 63.1 Å². The van der Waals surface area contributed by atoms with Gasteiger partial charge in [0.1, 0.15) is 0 Å². The Bertz CT molecular complexity index is 1030. The quantitative estimate of drug-likeness (QED) is 0.693. The first kappa shape index (κ1) is 20.3. The van der Waals surface area contributed by atoms with Crippen LogP contribution in [0.15, 0.2) is 48.8 Å². The van der Waals surface area contributed by atoms with Crippen molar-refractivity contribution >= 4 is 11.6 Å². The molecule has 1 aliphatic rings. The first-order valence-corrected chi connectivity index (χ1v) is 10.5. The Morgan fingerprint density at radius 3 is 2.63 bits per heavy atom. The largest absolute Gasteiger partial charge is 0.322 e. The maximum atomic E-state index is 12.9. The fraction of sp³-hybridized carbons (Fsp3) is 0.375. The summed E-state index contributed by atoms with van der Waals surface area (Å²) in [5, 5.41) is 7.76. The number of aryl methyl sites for hydroxylation is 2. The Morgan fingerprint density at radius 1 is 1.17 bits per heavy atom. The predicted molar refractivity (Wildman–Crippen MR) is 119 cm³/mol. The molecule has 30 heavy (non-hydrogen) atoms. The number of pyridine rings is 1. The summed E-state index contributed by atoms with van der Waals surface area (Å²) in [5.41, 5.74) is 5.92. The lowest BCUT2D eigenvalue weighted by Crippen LogP contribution is -2.33. The first-order chi connectivity index (χ1) is 14.4. The summed E-state index contributed by atoms with van der Waals surface area (Å²) in [6.07, 6.45) is 4.74. The SMILES string of the molecule is Cc1ccc(-n2nc(C)c(NC(=O)CN3C[C@H](C)C[C@@H]3c3cccnc3)c2C)cc1. The van der Waals surface area contributed by atoms with E-state index in [9.17, 15) is 4.79 Å². The van der Waals surface area contributed by atoms with Gasteiger partial charge in [0, 0.05) is 25.0 Å². The zero-order chi connectivity index (χ0) is 21.3. The van der Waals surface area contributed by atoms with Crippen molar-refractivity contribution in [1.82, 2.24) is 19.7 Å². The highest BCUT2D eigenvalue weighted by molar-refractivity contribution is 5.93. The second kappa shape index (κ2) is 8.40. The fourth-order valence-electron chi connectivity index (χ4n) is 4.35. The van der Waals surface area contributed by atoms with Crippen LogP contribution >= 0.6 is 0 Å². The van der Waals surface area contributed by atoms with Crippen molar-refractivity contribution in [3.05, 3.63) is 71.3 Å². The minimum atomic E-state index is -0.00681. The normalized spacial score (nSPS) is 19.2. The van der Waals surface area contributed by atoms with Gasteiger partial charge in [-0.2, -0.15) is 5.10 Å². The number of nitrogens with zero attached hydrogens (tertiary/aromatic N) is 4. The van der Waals surface area contributed by atoms with Gasteiger partial charge >= 0.3 is 0 Å². The monoisotopic (exact) mass is 403 g/mol. The number of hydrogen-bond acceptors (Lipinski definition) is 4. The highest BCUT2D eigenvalue weighted by Gasteiger charge is 2.32. The van der Waals surface area contributed by atoms with Crippen molar-refractivity contribution < 1.29 is 4.79 Å². The van der Waals surface area contributed by atoms with Gasteiger partial charge in [-0.05, 0) is 56.9 Å². The van der Waals surface area contributed by atoms with Crippen LogP contribution in [0.2, 0.25) is 0 Å². The molecule has 6 nitrogen and oxygen atoms in total. The third-order valence-electron chi connectivity index (χ3n) is 5.86. The van der Waals surface area contributed by atoms with Crippen LogP contribution in [-0.2, 0) is 4.79 Å². The van der Waals surface area contributed by atoms with E-state index < -0.39 is 0 Å². The molecular formula is C24H29N5O. The average molecular weight is 404 g/mol. The Kier molecular flexibility index (Phi) is 5.68. The summed E-state index contributed by atoms with van der Waals surface area (Å²) in [5.74, 6) is 0.545. The molecule has 1 fully saturated rings. The van der Waals surface area contributed by atoms with E-state index >= 15 is 0 Å². The number of carbonyl (C=O) groups is 1. The van der Waals surface area contributed by atoms with Crippen LogP contribution in [0.3, 0.4) is 0 Å². The summed E-state index contributed by atoms with van der Waals surface area (Å²) in [7, 11) is 0. The molecule has 0 bridgehead atoms. The molecule has 3 heterocycles. The second-order valence-corrected chi connectivity index (χ2v) is 8.41. The lowest BCUT2D eigenvalue weighted by Gasteiger charge is -2.24. The fourth-order valence-corrected chi connectivity index (χ4v) is 4.35. The van der Waals surface area contributed by atoms with E-state index in [1.54, 1.807) is 6.20 Å². The molecule has 0 spiro atoms. The molecule has 0 radical (unpaired) electrons. The van der Waals surface area contributed by atoms with Gasteiger partial charge < -0.3 is 5.32 Å². The molecular weight excluding hydrogens is 374 g/mol. The third-order valence-corrected chi connectivity index (χ3v) is 5.86. The summed E-state index contributed by atoms with van der Waals surface area (Å²) >= 11 is 0. The van der Waals surface area contributed by atoms with E-state index in [2.05, 4.69) is 52.3 Å². The van der Waals surface area contributed by atoms with E-state index in [0.717, 1.165) is 35.7 Å². The van der Waals surface area contributed by atoms with Crippen LogP contribution in [-0.4, -0.2) is 38.7 Å². The highest BCUT2D eigenvalue weighted by Crippen LogP contribution is 2.34. The molecule has 4 rings (SSSR count). The minimum Gasteiger partial charge on any atom is -0.322 e. The van der Waals surface area contributed by atoms with Gasteiger partial charge in [0.25, 0.3) is 0 Å². The molecule has 1 aromatic carbocycles.